The monoisotopic (exact) mass is 358 g/mol. The van der Waals surface area contributed by atoms with Crippen molar-refractivity contribution >= 4 is 23.3 Å². The number of benzene rings is 1. The van der Waals surface area contributed by atoms with E-state index in [4.69, 9.17) is 13.9 Å². The molecule has 1 fully saturated rings. The molecule has 1 N–H and O–H groups in total. The van der Waals surface area contributed by atoms with Gasteiger partial charge in [0.15, 0.2) is 0 Å². The van der Waals surface area contributed by atoms with Gasteiger partial charge in [0.1, 0.15) is 11.5 Å². The average molecular weight is 358 g/mol. The second-order valence-electron chi connectivity index (χ2n) is 6.10. The highest BCUT2D eigenvalue weighted by atomic mass is 16.5. The van der Waals surface area contributed by atoms with Crippen molar-refractivity contribution in [1.29, 1.82) is 0 Å². The van der Waals surface area contributed by atoms with E-state index in [0.29, 0.717) is 41.5 Å². The van der Waals surface area contributed by atoms with E-state index in [1.165, 1.54) is 7.11 Å². The number of nitrogens with one attached hydrogen (secondary N) is 1. The zero-order valence-electron chi connectivity index (χ0n) is 15.1. The molecule has 138 valence electrons. The molecule has 0 spiro atoms. The lowest BCUT2D eigenvalue weighted by molar-refractivity contribution is 0.0602. The Kier molecular flexibility index (Phi) is 5.27. The Morgan fingerprint density at radius 3 is 2.46 bits per heavy atom. The molecule has 0 radical (unpaired) electrons. The lowest BCUT2D eigenvalue weighted by atomic mass is 10.1. The van der Waals surface area contributed by atoms with Crippen molar-refractivity contribution in [2.24, 2.45) is 0 Å². The molecule has 2 aromatic rings. The van der Waals surface area contributed by atoms with Crippen LogP contribution < -0.4 is 10.2 Å². The quantitative estimate of drug-likeness (QED) is 0.847. The summed E-state index contributed by atoms with van der Waals surface area (Å²) in [5.74, 6) is 0.354. The van der Waals surface area contributed by atoms with Crippen LogP contribution in [-0.4, -0.2) is 45.3 Å². The number of hydrogen-bond donors (Lipinski definition) is 1. The maximum absolute atomic E-state index is 12.5. The summed E-state index contributed by atoms with van der Waals surface area (Å²) in [4.78, 5) is 26.9. The Morgan fingerprint density at radius 2 is 1.85 bits per heavy atom. The number of carbonyl (C=O) groups excluding carboxylic acids is 2. The first kappa shape index (κ1) is 18.0. The summed E-state index contributed by atoms with van der Waals surface area (Å²) >= 11 is 0. The molecule has 0 atom stereocenters. The molecular weight excluding hydrogens is 336 g/mol. The van der Waals surface area contributed by atoms with Gasteiger partial charge in [0.05, 0.1) is 37.1 Å². The van der Waals surface area contributed by atoms with Crippen LogP contribution in [-0.2, 0) is 9.47 Å². The lowest BCUT2D eigenvalue weighted by Crippen LogP contribution is -2.36. The van der Waals surface area contributed by atoms with Gasteiger partial charge in [0, 0.05) is 18.8 Å². The van der Waals surface area contributed by atoms with E-state index in [2.05, 4.69) is 10.2 Å². The predicted molar refractivity (Wildman–Crippen MR) is 96.9 cm³/mol. The second kappa shape index (κ2) is 7.61. The molecule has 1 aliphatic rings. The molecule has 1 aromatic heterocycles. The highest BCUT2D eigenvalue weighted by molar-refractivity contribution is 6.08. The fourth-order valence-corrected chi connectivity index (χ4v) is 2.98. The smallest absolute Gasteiger partial charge is 0.340 e. The van der Waals surface area contributed by atoms with Crippen LogP contribution in [0, 0.1) is 13.8 Å². The molecular formula is C19H22N2O5. The Bertz CT molecular complexity index is 821. The highest BCUT2D eigenvalue weighted by Gasteiger charge is 2.20. The summed E-state index contributed by atoms with van der Waals surface area (Å²) in [6, 6.07) is 7.00. The molecule has 7 heteroatoms. The summed E-state index contributed by atoms with van der Waals surface area (Å²) in [7, 11) is 1.32. The molecule has 0 aliphatic carbocycles. The summed E-state index contributed by atoms with van der Waals surface area (Å²) in [5, 5.41) is 2.78. The first-order valence-corrected chi connectivity index (χ1v) is 8.43. The van der Waals surface area contributed by atoms with Gasteiger partial charge in [-0.3, -0.25) is 4.79 Å². The summed E-state index contributed by atoms with van der Waals surface area (Å²) in [6.45, 7) is 6.29. The first-order valence-electron chi connectivity index (χ1n) is 8.43. The molecule has 1 aliphatic heterocycles. The van der Waals surface area contributed by atoms with Crippen LogP contribution in [0.3, 0.4) is 0 Å². The van der Waals surface area contributed by atoms with E-state index in [9.17, 15) is 9.59 Å². The van der Waals surface area contributed by atoms with Gasteiger partial charge in [-0.25, -0.2) is 4.79 Å². The number of hydrogen-bond acceptors (Lipinski definition) is 6. The number of ether oxygens (including phenoxy) is 2. The minimum absolute atomic E-state index is 0.308. The molecule has 1 amide bonds. The van der Waals surface area contributed by atoms with Crippen LogP contribution >= 0.6 is 0 Å². The zero-order chi connectivity index (χ0) is 18.7. The van der Waals surface area contributed by atoms with Gasteiger partial charge in [0.2, 0.25) is 0 Å². The van der Waals surface area contributed by atoms with Crippen molar-refractivity contribution in [2.45, 2.75) is 13.8 Å². The third-order valence-corrected chi connectivity index (χ3v) is 4.32. The predicted octanol–water partition coefficient (Wildman–Crippen LogP) is 2.77. The van der Waals surface area contributed by atoms with Gasteiger partial charge in [-0.1, -0.05) is 0 Å². The largest absolute Gasteiger partial charge is 0.466 e. The van der Waals surface area contributed by atoms with Crippen LogP contribution in [0.5, 0.6) is 0 Å². The molecule has 0 bridgehead atoms. The van der Waals surface area contributed by atoms with Crippen LogP contribution in [0.15, 0.2) is 28.7 Å². The lowest BCUT2D eigenvalue weighted by Gasteiger charge is -2.29. The van der Waals surface area contributed by atoms with Crippen molar-refractivity contribution in [1.82, 2.24) is 0 Å². The molecule has 2 heterocycles. The number of morpholine rings is 1. The Hall–Kier alpha value is -2.80. The van der Waals surface area contributed by atoms with Crippen molar-refractivity contribution in [3.63, 3.8) is 0 Å². The maximum Gasteiger partial charge on any atom is 0.340 e. The van der Waals surface area contributed by atoms with Crippen LogP contribution in [0.1, 0.15) is 32.2 Å². The highest BCUT2D eigenvalue weighted by Crippen LogP contribution is 2.26. The Balaban J connectivity index is 1.89. The Labute approximate surface area is 151 Å². The number of rotatable bonds is 4. The summed E-state index contributed by atoms with van der Waals surface area (Å²) < 4.78 is 15.6. The third-order valence-electron chi connectivity index (χ3n) is 4.32. The van der Waals surface area contributed by atoms with E-state index >= 15 is 0 Å². The SMILES string of the molecule is COC(=O)c1cc(N2CCOCC2)ccc1NC(=O)c1cc(C)oc1C. The minimum Gasteiger partial charge on any atom is -0.466 e. The first-order chi connectivity index (χ1) is 12.5. The molecule has 1 aromatic carbocycles. The molecule has 26 heavy (non-hydrogen) atoms. The standard InChI is InChI=1S/C19H22N2O5/c1-12-10-15(13(2)26-12)18(22)20-17-5-4-14(11-16(17)19(23)24-3)21-6-8-25-9-7-21/h4-5,10-11H,6-9H2,1-3H3,(H,20,22). The van der Waals surface area contributed by atoms with E-state index in [1.807, 2.05) is 6.07 Å². The van der Waals surface area contributed by atoms with Crippen molar-refractivity contribution in [2.75, 3.05) is 43.6 Å². The minimum atomic E-state index is -0.504. The molecule has 0 saturated carbocycles. The van der Waals surface area contributed by atoms with E-state index in [1.54, 1.807) is 32.0 Å². The van der Waals surface area contributed by atoms with Gasteiger partial charge < -0.3 is 24.1 Å². The van der Waals surface area contributed by atoms with Crippen molar-refractivity contribution < 1.29 is 23.5 Å². The Morgan fingerprint density at radius 1 is 1.12 bits per heavy atom. The van der Waals surface area contributed by atoms with Crippen molar-refractivity contribution in [3.05, 3.63) is 46.9 Å². The zero-order valence-corrected chi connectivity index (χ0v) is 15.1. The number of nitrogens with zero attached hydrogens (tertiary/aromatic N) is 1. The van der Waals surface area contributed by atoms with Gasteiger partial charge in [-0.2, -0.15) is 0 Å². The number of carbonyl (C=O) groups is 2. The second-order valence-corrected chi connectivity index (χ2v) is 6.10. The topological polar surface area (TPSA) is 81.0 Å². The molecule has 3 rings (SSSR count). The fraction of sp³-hybridized carbons (Fsp3) is 0.368. The number of esters is 1. The fourth-order valence-electron chi connectivity index (χ4n) is 2.98. The molecule has 1 saturated heterocycles. The van der Waals surface area contributed by atoms with Crippen molar-refractivity contribution in [3.8, 4) is 0 Å². The van der Waals surface area contributed by atoms with Gasteiger partial charge in [-0.05, 0) is 38.1 Å². The van der Waals surface area contributed by atoms with Gasteiger partial charge in [0.25, 0.3) is 5.91 Å². The summed E-state index contributed by atoms with van der Waals surface area (Å²) in [6.07, 6.45) is 0. The van der Waals surface area contributed by atoms with Crippen LogP contribution in [0.2, 0.25) is 0 Å². The van der Waals surface area contributed by atoms with Crippen LogP contribution in [0.25, 0.3) is 0 Å². The van der Waals surface area contributed by atoms with Crippen LogP contribution in [0.4, 0.5) is 11.4 Å². The average Bonchev–Trinajstić information content (AvgIpc) is 3.00. The summed E-state index contributed by atoms with van der Waals surface area (Å²) in [5.41, 5.74) is 2.04. The number of furan rings is 1. The van der Waals surface area contributed by atoms with E-state index in [-0.39, 0.29) is 5.91 Å². The molecule has 7 nitrogen and oxygen atoms in total. The third kappa shape index (κ3) is 3.72. The maximum atomic E-state index is 12.5. The number of amides is 1. The normalized spacial score (nSPS) is 14.2. The number of anilines is 2. The molecule has 0 unspecified atom stereocenters. The van der Waals surface area contributed by atoms with Gasteiger partial charge in [-0.15, -0.1) is 0 Å². The van der Waals surface area contributed by atoms with E-state index in [0.717, 1.165) is 18.8 Å². The number of methoxy groups -OCH3 is 1. The number of aryl methyl sites for hydroxylation is 2. The van der Waals surface area contributed by atoms with E-state index < -0.39 is 5.97 Å². The van der Waals surface area contributed by atoms with Gasteiger partial charge >= 0.3 is 5.97 Å².